The van der Waals surface area contributed by atoms with Crippen molar-refractivity contribution < 1.29 is 43.2 Å². The molecule has 0 unspecified atom stereocenters. The van der Waals surface area contributed by atoms with Crippen LogP contribution in [0.25, 0.3) is 0 Å². The van der Waals surface area contributed by atoms with Crippen LogP contribution in [-0.4, -0.2) is 61.0 Å². The van der Waals surface area contributed by atoms with E-state index in [0.29, 0.717) is 24.8 Å². The molecular weight excluding hydrogens is 492 g/mol. The fraction of sp³-hybridized carbons (Fsp3) is 0.690. The molecule has 3 aliphatic rings. The molecule has 0 amide bonds. The normalized spacial score (nSPS) is 38.4. The van der Waals surface area contributed by atoms with Crippen LogP contribution >= 0.6 is 0 Å². The highest BCUT2D eigenvalue weighted by Gasteiger charge is 2.74. The fourth-order valence-corrected chi connectivity index (χ4v) is 6.55. The quantitative estimate of drug-likeness (QED) is 0.203. The van der Waals surface area contributed by atoms with Gasteiger partial charge in [0, 0.05) is 38.9 Å². The number of aliphatic hydroxyl groups is 1. The molecule has 0 aromatic heterocycles. The molecule has 1 saturated heterocycles. The van der Waals surface area contributed by atoms with Crippen molar-refractivity contribution in [3.05, 3.63) is 36.0 Å². The number of ether oxygens (including phenoxy) is 5. The number of carbonyl (C=O) groups is 3. The van der Waals surface area contributed by atoms with E-state index in [0.717, 1.165) is 5.57 Å². The second-order valence-corrected chi connectivity index (χ2v) is 10.9. The topological polar surface area (TPSA) is 118 Å². The van der Waals surface area contributed by atoms with Crippen molar-refractivity contribution in [2.45, 2.75) is 98.1 Å². The molecule has 2 aliphatic carbocycles. The van der Waals surface area contributed by atoms with Crippen LogP contribution in [0.15, 0.2) is 36.0 Å². The summed E-state index contributed by atoms with van der Waals surface area (Å²) in [4.78, 5) is 37.1. The zero-order valence-electron chi connectivity index (χ0n) is 23.5. The summed E-state index contributed by atoms with van der Waals surface area (Å²) in [5.74, 6) is -2.30. The lowest BCUT2D eigenvalue weighted by Crippen LogP contribution is -2.68. The van der Waals surface area contributed by atoms with Crippen molar-refractivity contribution in [1.82, 2.24) is 0 Å². The lowest BCUT2D eigenvalue weighted by atomic mass is 9.44. The number of esters is 3. The number of hydrogen-bond acceptors (Lipinski definition) is 9. The van der Waals surface area contributed by atoms with E-state index in [-0.39, 0.29) is 24.4 Å². The Hall–Kier alpha value is -2.49. The Labute approximate surface area is 225 Å². The van der Waals surface area contributed by atoms with E-state index in [9.17, 15) is 19.5 Å². The lowest BCUT2D eigenvalue weighted by Gasteiger charge is -2.62. The molecule has 1 saturated carbocycles. The maximum absolute atomic E-state index is 12.8. The summed E-state index contributed by atoms with van der Waals surface area (Å²) in [6.45, 7) is 14.3. The molecule has 1 aliphatic heterocycles. The Morgan fingerprint density at radius 3 is 2.39 bits per heavy atom. The molecule has 9 heteroatoms. The Morgan fingerprint density at radius 1 is 1.18 bits per heavy atom. The summed E-state index contributed by atoms with van der Waals surface area (Å²) in [5, 5.41) is 12.2. The number of rotatable bonds is 9. The minimum atomic E-state index is -1.35. The summed E-state index contributed by atoms with van der Waals surface area (Å²) < 4.78 is 29.0. The van der Waals surface area contributed by atoms with Gasteiger partial charge in [-0.05, 0) is 43.6 Å². The minimum Gasteiger partial charge on any atom is -0.459 e. The van der Waals surface area contributed by atoms with Crippen LogP contribution in [0.3, 0.4) is 0 Å². The van der Waals surface area contributed by atoms with E-state index < -0.39 is 53.5 Å². The van der Waals surface area contributed by atoms with Crippen molar-refractivity contribution in [3.63, 3.8) is 0 Å². The molecule has 0 bridgehead atoms. The molecule has 0 aromatic rings. The van der Waals surface area contributed by atoms with Crippen molar-refractivity contribution >= 4 is 17.9 Å². The lowest BCUT2D eigenvalue weighted by molar-refractivity contribution is -0.276. The average Bonchev–Trinajstić information content (AvgIpc) is 3.15. The van der Waals surface area contributed by atoms with Crippen LogP contribution in [0.1, 0.15) is 67.2 Å². The third kappa shape index (κ3) is 5.20. The van der Waals surface area contributed by atoms with Crippen molar-refractivity contribution in [2.75, 3.05) is 7.11 Å². The molecule has 38 heavy (non-hydrogen) atoms. The van der Waals surface area contributed by atoms with Gasteiger partial charge in [-0.2, -0.15) is 0 Å². The van der Waals surface area contributed by atoms with E-state index >= 15 is 0 Å². The van der Waals surface area contributed by atoms with Gasteiger partial charge in [0.25, 0.3) is 0 Å². The monoisotopic (exact) mass is 534 g/mol. The molecule has 1 heterocycles. The Bertz CT molecular complexity index is 1000. The van der Waals surface area contributed by atoms with E-state index in [2.05, 4.69) is 19.6 Å². The first kappa shape index (κ1) is 30.1. The second-order valence-electron chi connectivity index (χ2n) is 10.9. The van der Waals surface area contributed by atoms with Gasteiger partial charge in [-0.3, -0.25) is 19.1 Å². The maximum atomic E-state index is 12.8. The Balaban J connectivity index is 2.30. The summed E-state index contributed by atoms with van der Waals surface area (Å²) in [6.07, 6.45) is 2.34. The zero-order valence-corrected chi connectivity index (χ0v) is 23.5. The van der Waals surface area contributed by atoms with Crippen LogP contribution in [0.2, 0.25) is 0 Å². The largest absolute Gasteiger partial charge is 0.459 e. The summed E-state index contributed by atoms with van der Waals surface area (Å²) in [5.41, 5.74) is -0.516. The molecular formula is C29H42O9. The number of allylic oxidation sites excluding steroid dienone is 3. The number of aliphatic hydroxyl groups excluding tert-OH is 1. The number of hydrogen-bond donors (Lipinski definition) is 1. The van der Waals surface area contributed by atoms with Gasteiger partial charge in [0.2, 0.25) is 12.6 Å². The summed E-state index contributed by atoms with van der Waals surface area (Å²) in [6, 6.07) is 0. The van der Waals surface area contributed by atoms with Gasteiger partial charge in [0.05, 0.1) is 11.5 Å². The molecule has 0 aromatic carbocycles. The average molecular weight is 535 g/mol. The van der Waals surface area contributed by atoms with Gasteiger partial charge >= 0.3 is 17.9 Å². The standard InChI is InChI=1S/C29H42O9/c1-9-11-23(32)37-24-17(4)28(7,13-12-16(3)10-2)22-15-20(34-8)14-21-26(35-18(5)30)38-27(36-19(6)31)29(21,22)25(24)33/h10,12,14,17,20,22,24-27,33H,2,9,11,13,15H2,1,3-8H3/b16-12-/t17-,20+,22+,24-,25+,26+,27-,28+,29-/m1/s1. The number of carbonyl (C=O) groups excluding carboxylic acids is 3. The number of methoxy groups -OCH3 is 1. The van der Waals surface area contributed by atoms with E-state index in [1.165, 1.54) is 13.8 Å². The van der Waals surface area contributed by atoms with Crippen LogP contribution in [0.4, 0.5) is 0 Å². The van der Waals surface area contributed by atoms with Gasteiger partial charge < -0.3 is 24.1 Å². The van der Waals surface area contributed by atoms with Gasteiger partial charge in [0.15, 0.2) is 0 Å². The first-order valence-corrected chi connectivity index (χ1v) is 13.3. The van der Waals surface area contributed by atoms with Gasteiger partial charge in [-0.25, -0.2) is 0 Å². The Morgan fingerprint density at radius 2 is 1.84 bits per heavy atom. The molecule has 9 nitrogen and oxygen atoms in total. The highest BCUT2D eigenvalue weighted by atomic mass is 16.8. The molecule has 3 rings (SSSR count). The van der Waals surface area contributed by atoms with E-state index in [1.54, 1.807) is 19.3 Å². The van der Waals surface area contributed by atoms with Crippen LogP contribution in [0.5, 0.6) is 0 Å². The van der Waals surface area contributed by atoms with Crippen LogP contribution in [0, 0.1) is 22.7 Å². The summed E-state index contributed by atoms with van der Waals surface area (Å²) in [7, 11) is 1.59. The molecule has 1 N–H and O–H groups in total. The first-order chi connectivity index (χ1) is 17.9. The molecule has 2 fully saturated rings. The van der Waals surface area contributed by atoms with Crippen LogP contribution in [-0.2, 0) is 38.1 Å². The van der Waals surface area contributed by atoms with Crippen molar-refractivity contribution in [3.8, 4) is 0 Å². The van der Waals surface area contributed by atoms with E-state index in [1.807, 2.05) is 20.8 Å². The highest BCUT2D eigenvalue weighted by Crippen LogP contribution is 2.67. The first-order valence-electron chi connectivity index (χ1n) is 13.3. The summed E-state index contributed by atoms with van der Waals surface area (Å²) >= 11 is 0. The van der Waals surface area contributed by atoms with Gasteiger partial charge in [-0.15, -0.1) is 0 Å². The van der Waals surface area contributed by atoms with Crippen LogP contribution < -0.4 is 0 Å². The van der Waals surface area contributed by atoms with Gasteiger partial charge in [-0.1, -0.05) is 45.1 Å². The predicted molar refractivity (Wildman–Crippen MR) is 138 cm³/mol. The third-order valence-electron chi connectivity index (χ3n) is 8.69. The molecule has 212 valence electrons. The molecule has 0 radical (unpaired) electrons. The maximum Gasteiger partial charge on any atom is 0.306 e. The van der Waals surface area contributed by atoms with Gasteiger partial charge in [0.1, 0.15) is 12.2 Å². The fourth-order valence-electron chi connectivity index (χ4n) is 6.55. The van der Waals surface area contributed by atoms with E-state index in [4.69, 9.17) is 23.7 Å². The van der Waals surface area contributed by atoms with Crippen molar-refractivity contribution in [1.29, 1.82) is 0 Å². The minimum absolute atomic E-state index is 0.201. The smallest absolute Gasteiger partial charge is 0.306 e. The SMILES string of the molecule is C=C/C(C)=C\C[C@@]1(C)[C@H](C)[C@@H](OC(=O)CCC)[C@H](O)[C@@]23C(=C[C@H](OC)C[C@@H]12)[C@@H](OC(C)=O)O[C@H]3OC(C)=O. The second kappa shape index (κ2) is 11.7. The molecule has 9 atom stereocenters. The van der Waals surface area contributed by atoms with Crippen molar-refractivity contribution in [2.24, 2.45) is 22.7 Å². The Kier molecular flexibility index (Phi) is 9.27. The third-order valence-corrected chi connectivity index (χ3v) is 8.69. The highest BCUT2D eigenvalue weighted by molar-refractivity contribution is 5.70. The predicted octanol–water partition coefficient (Wildman–Crippen LogP) is 3.99. The zero-order chi connectivity index (χ0) is 28.4. The molecule has 1 spiro atoms.